The summed E-state index contributed by atoms with van der Waals surface area (Å²) < 4.78 is 10.4. The molecule has 1 aromatic carbocycles. The SMILES string of the molecule is N#C[C@H](C(=O)C1CC1)c1ccc2c(c1)OCO2. The van der Waals surface area contributed by atoms with Crippen LogP contribution in [0.3, 0.4) is 0 Å². The van der Waals surface area contributed by atoms with Crippen LogP contribution >= 0.6 is 0 Å². The molecule has 0 radical (unpaired) electrons. The van der Waals surface area contributed by atoms with E-state index in [1.807, 2.05) is 0 Å². The Labute approximate surface area is 98.8 Å². The van der Waals surface area contributed by atoms with Crippen molar-refractivity contribution in [1.82, 2.24) is 0 Å². The molecule has 0 spiro atoms. The molecule has 0 bridgehead atoms. The average molecular weight is 229 g/mol. The lowest BCUT2D eigenvalue weighted by Gasteiger charge is -2.08. The number of benzene rings is 1. The van der Waals surface area contributed by atoms with Gasteiger partial charge in [-0.05, 0) is 30.5 Å². The number of rotatable bonds is 3. The van der Waals surface area contributed by atoms with Crippen molar-refractivity contribution in [2.45, 2.75) is 18.8 Å². The van der Waals surface area contributed by atoms with Gasteiger partial charge in [-0.2, -0.15) is 5.26 Å². The van der Waals surface area contributed by atoms with Gasteiger partial charge in [0.2, 0.25) is 6.79 Å². The molecule has 3 rings (SSSR count). The first-order valence-corrected chi connectivity index (χ1v) is 5.62. The van der Waals surface area contributed by atoms with Crippen molar-refractivity contribution in [3.63, 3.8) is 0 Å². The molecule has 1 aromatic rings. The summed E-state index contributed by atoms with van der Waals surface area (Å²) in [7, 11) is 0. The molecule has 1 heterocycles. The standard InChI is InChI=1S/C13H11NO3/c14-6-10(13(15)8-1-2-8)9-3-4-11-12(5-9)17-7-16-11/h3-5,8,10H,1-2,7H2/t10-/m0/s1. The number of ketones is 1. The van der Waals surface area contributed by atoms with Crippen LogP contribution in [0.5, 0.6) is 11.5 Å². The summed E-state index contributed by atoms with van der Waals surface area (Å²) in [6, 6.07) is 7.34. The van der Waals surface area contributed by atoms with E-state index in [2.05, 4.69) is 6.07 Å². The lowest BCUT2D eigenvalue weighted by molar-refractivity contribution is -0.120. The minimum absolute atomic E-state index is 0.0337. The van der Waals surface area contributed by atoms with Crippen LogP contribution in [0.25, 0.3) is 0 Å². The number of nitrogens with zero attached hydrogens (tertiary/aromatic N) is 1. The number of carbonyl (C=O) groups is 1. The number of ether oxygens (including phenoxy) is 2. The van der Waals surface area contributed by atoms with Gasteiger partial charge in [-0.25, -0.2) is 0 Å². The maximum absolute atomic E-state index is 11.9. The van der Waals surface area contributed by atoms with Gasteiger partial charge in [-0.1, -0.05) is 6.07 Å². The molecule has 1 aliphatic heterocycles. The summed E-state index contributed by atoms with van der Waals surface area (Å²) >= 11 is 0. The molecule has 0 aromatic heterocycles. The first-order valence-electron chi connectivity index (χ1n) is 5.62. The first-order chi connectivity index (χ1) is 8.29. The van der Waals surface area contributed by atoms with Gasteiger partial charge in [-0.15, -0.1) is 0 Å². The molecule has 86 valence electrons. The van der Waals surface area contributed by atoms with E-state index >= 15 is 0 Å². The minimum atomic E-state index is -0.669. The van der Waals surface area contributed by atoms with Crippen molar-refractivity contribution in [1.29, 1.82) is 5.26 Å². The normalized spacial score (nSPS) is 18.5. The van der Waals surface area contributed by atoms with Crippen LogP contribution in [-0.4, -0.2) is 12.6 Å². The highest BCUT2D eigenvalue weighted by Crippen LogP contribution is 2.38. The van der Waals surface area contributed by atoms with Crippen molar-refractivity contribution in [3.05, 3.63) is 23.8 Å². The molecular formula is C13H11NO3. The summed E-state index contributed by atoms with van der Waals surface area (Å²) in [5, 5.41) is 9.13. The van der Waals surface area contributed by atoms with Gasteiger partial charge in [0, 0.05) is 5.92 Å². The van der Waals surface area contributed by atoms with Crippen molar-refractivity contribution >= 4 is 5.78 Å². The number of hydrogen-bond acceptors (Lipinski definition) is 4. The third-order valence-corrected chi connectivity index (χ3v) is 3.12. The summed E-state index contributed by atoms with van der Waals surface area (Å²) in [4.78, 5) is 11.9. The van der Waals surface area contributed by atoms with Crippen LogP contribution in [0.2, 0.25) is 0 Å². The van der Waals surface area contributed by atoms with E-state index in [1.165, 1.54) is 0 Å². The molecule has 0 amide bonds. The van der Waals surface area contributed by atoms with Crippen LogP contribution in [0.4, 0.5) is 0 Å². The minimum Gasteiger partial charge on any atom is -0.454 e. The molecule has 0 N–H and O–H groups in total. The van der Waals surface area contributed by atoms with E-state index in [4.69, 9.17) is 14.7 Å². The highest BCUT2D eigenvalue weighted by atomic mass is 16.7. The van der Waals surface area contributed by atoms with E-state index in [0.717, 1.165) is 12.8 Å². The van der Waals surface area contributed by atoms with E-state index in [1.54, 1.807) is 18.2 Å². The van der Waals surface area contributed by atoms with Crippen LogP contribution in [-0.2, 0) is 4.79 Å². The van der Waals surface area contributed by atoms with Gasteiger partial charge < -0.3 is 9.47 Å². The lowest BCUT2D eigenvalue weighted by Crippen LogP contribution is -2.12. The fourth-order valence-corrected chi connectivity index (χ4v) is 2.00. The second-order valence-corrected chi connectivity index (χ2v) is 4.35. The van der Waals surface area contributed by atoms with Crippen molar-refractivity contribution in [2.75, 3.05) is 6.79 Å². The van der Waals surface area contributed by atoms with Gasteiger partial charge in [0.15, 0.2) is 17.3 Å². The Morgan fingerprint density at radius 3 is 2.82 bits per heavy atom. The number of hydrogen-bond donors (Lipinski definition) is 0. The predicted molar refractivity (Wildman–Crippen MR) is 58.7 cm³/mol. The molecule has 1 aliphatic carbocycles. The Morgan fingerprint density at radius 2 is 2.12 bits per heavy atom. The van der Waals surface area contributed by atoms with Gasteiger partial charge in [0.25, 0.3) is 0 Å². The molecule has 4 nitrogen and oxygen atoms in total. The van der Waals surface area contributed by atoms with E-state index < -0.39 is 5.92 Å². The third kappa shape index (κ3) is 1.74. The zero-order chi connectivity index (χ0) is 11.8. The molecule has 2 aliphatic rings. The Hall–Kier alpha value is -2.02. The molecule has 1 saturated carbocycles. The van der Waals surface area contributed by atoms with Crippen LogP contribution < -0.4 is 9.47 Å². The smallest absolute Gasteiger partial charge is 0.231 e. The first kappa shape index (κ1) is 10.2. The maximum Gasteiger partial charge on any atom is 0.231 e. The fraction of sp³-hybridized carbons (Fsp3) is 0.385. The lowest BCUT2D eigenvalue weighted by atomic mass is 9.93. The highest BCUT2D eigenvalue weighted by molar-refractivity contribution is 5.92. The molecule has 0 unspecified atom stereocenters. The molecule has 1 fully saturated rings. The number of nitriles is 1. The highest BCUT2D eigenvalue weighted by Gasteiger charge is 2.36. The summed E-state index contributed by atoms with van der Waals surface area (Å²) in [5.74, 6) is 0.740. The number of fused-ring (bicyclic) bond motifs is 1. The van der Waals surface area contributed by atoms with Gasteiger partial charge in [0.1, 0.15) is 5.92 Å². The fourth-order valence-electron chi connectivity index (χ4n) is 2.00. The zero-order valence-corrected chi connectivity index (χ0v) is 9.18. The molecule has 1 atom stereocenters. The monoisotopic (exact) mass is 229 g/mol. The van der Waals surface area contributed by atoms with E-state index in [9.17, 15) is 4.79 Å². The Balaban J connectivity index is 1.91. The number of carbonyl (C=O) groups excluding carboxylic acids is 1. The second-order valence-electron chi connectivity index (χ2n) is 4.35. The Morgan fingerprint density at radius 1 is 1.35 bits per heavy atom. The number of Topliss-reactive ketones (excluding diaryl/α,β-unsaturated/α-hetero) is 1. The predicted octanol–water partition coefficient (Wildman–Crippen LogP) is 2.00. The molecule has 4 heteroatoms. The quantitative estimate of drug-likeness (QED) is 0.795. The topological polar surface area (TPSA) is 59.3 Å². The Bertz CT molecular complexity index is 514. The van der Waals surface area contributed by atoms with Crippen molar-refractivity contribution < 1.29 is 14.3 Å². The molecule has 0 saturated heterocycles. The maximum atomic E-state index is 11.9. The van der Waals surface area contributed by atoms with E-state index in [-0.39, 0.29) is 18.5 Å². The molecule has 17 heavy (non-hydrogen) atoms. The van der Waals surface area contributed by atoms with Gasteiger partial charge in [-0.3, -0.25) is 4.79 Å². The summed E-state index contributed by atoms with van der Waals surface area (Å²) in [6.07, 6.45) is 1.84. The zero-order valence-electron chi connectivity index (χ0n) is 9.18. The summed E-state index contributed by atoms with van der Waals surface area (Å²) in [6.45, 7) is 0.201. The van der Waals surface area contributed by atoms with Crippen molar-refractivity contribution in [2.24, 2.45) is 5.92 Å². The van der Waals surface area contributed by atoms with Crippen LogP contribution in [0.1, 0.15) is 24.3 Å². The van der Waals surface area contributed by atoms with Gasteiger partial charge in [0.05, 0.1) is 6.07 Å². The van der Waals surface area contributed by atoms with Gasteiger partial charge >= 0.3 is 0 Å². The second kappa shape index (κ2) is 3.77. The van der Waals surface area contributed by atoms with E-state index in [0.29, 0.717) is 17.1 Å². The summed E-state index contributed by atoms with van der Waals surface area (Å²) in [5.41, 5.74) is 0.702. The van der Waals surface area contributed by atoms with Crippen molar-refractivity contribution in [3.8, 4) is 17.6 Å². The van der Waals surface area contributed by atoms with Crippen LogP contribution in [0.15, 0.2) is 18.2 Å². The Kier molecular flexibility index (Phi) is 2.25. The largest absolute Gasteiger partial charge is 0.454 e. The third-order valence-electron chi connectivity index (χ3n) is 3.12. The molecular weight excluding hydrogens is 218 g/mol. The van der Waals surface area contributed by atoms with Crippen LogP contribution in [0, 0.1) is 17.2 Å². The average Bonchev–Trinajstić information content (AvgIpc) is 3.09.